The molecule has 1 rings (SSSR count). The van der Waals surface area contributed by atoms with Crippen LogP contribution in [0.25, 0.3) is 0 Å². The van der Waals surface area contributed by atoms with Gasteiger partial charge in [0.1, 0.15) is 11.6 Å². The molecule has 4 nitrogen and oxygen atoms in total. The van der Waals surface area contributed by atoms with Crippen molar-refractivity contribution in [1.82, 2.24) is 0 Å². The van der Waals surface area contributed by atoms with Gasteiger partial charge in [-0.05, 0) is 12.1 Å². The van der Waals surface area contributed by atoms with Crippen molar-refractivity contribution in [3.63, 3.8) is 0 Å². The summed E-state index contributed by atoms with van der Waals surface area (Å²) in [6.07, 6.45) is 0. The minimum atomic E-state index is -1.95. The fourth-order valence-corrected chi connectivity index (χ4v) is 0.852. The van der Waals surface area contributed by atoms with Gasteiger partial charge in [-0.3, -0.25) is 0 Å². The summed E-state index contributed by atoms with van der Waals surface area (Å²) >= 11 is 0. The third-order valence-electron chi connectivity index (χ3n) is 1.36. The molecule has 0 fully saturated rings. The summed E-state index contributed by atoms with van der Waals surface area (Å²) < 4.78 is 21.9. The van der Waals surface area contributed by atoms with Gasteiger partial charge in [-0.15, -0.1) is 0 Å². The molecule has 0 saturated carbocycles. The zero-order chi connectivity index (χ0) is 9.84. The molecule has 1 aromatic carbocycles. The molecule has 70 valence electrons. The quantitative estimate of drug-likeness (QED) is 0.661. The maximum atomic E-state index is 12.6. The Kier molecular flexibility index (Phi) is 3.10. The normalized spacial score (nSPS) is 9.54. The number of methoxy groups -OCH3 is 1. The highest BCUT2D eigenvalue weighted by molar-refractivity contribution is 6.33. The van der Waals surface area contributed by atoms with E-state index in [0.717, 1.165) is 12.1 Å². The van der Waals surface area contributed by atoms with E-state index in [1.165, 1.54) is 13.2 Å². The molecule has 0 aromatic heterocycles. The Bertz CT molecular complexity index is 292. The second kappa shape index (κ2) is 4.11. The summed E-state index contributed by atoms with van der Waals surface area (Å²) in [4.78, 5) is 0. The first-order valence-electron chi connectivity index (χ1n) is 3.50. The third kappa shape index (κ3) is 2.60. The highest BCUT2D eigenvalue weighted by atomic mass is 19.1. The predicted molar refractivity (Wildman–Crippen MR) is 43.8 cm³/mol. The van der Waals surface area contributed by atoms with Crippen LogP contribution in [0.3, 0.4) is 0 Å². The Morgan fingerprint density at radius 3 is 2.54 bits per heavy atom. The van der Waals surface area contributed by atoms with Gasteiger partial charge in [-0.25, -0.2) is 4.39 Å². The standard InChI is InChI=1S/C7H8BFO4/c1-12-7-4-5(9)2-3-6(7)13-8(10)11/h2-4,10-11H,1H3. The molecule has 0 saturated heterocycles. The molecule has 0 atom stereocenters. The zero-order valence-electron chi connectivity index (χ0n) is 6.90. The van der Waals surface area contributed by atoms with Crippen LogP contribution in [0, 0.1) is 5.82 Å². The third-order valence-corrected chi connectivity index (χ3v) is 1.36. The Morgan fingerprint density at radius 2 is 2.00 bits per heavy atom. The van der Waals surface area contributed by atoms with Crippen LogP contribution in [0.1, 0.15) is 0 Å². The monoisotopic (exact) mass is 186 g/mol. The molecular weight excluding hydrogens is 178 g/mol. The summed E-state index contributed by atoms with van der Waals surface area (Å²) in [5.74, 6) is -0.316. The number of benzene rings is 1. The largest absolute Gasteiger partial charge is 0.707 e. The Hall–Kier alpha value is -1.27. The molecule has 0 heterocycles. The smallest absolute Gasteiger partial charge is 0.509 e. The summed E-state index contributed by atoms with van der Waals surface area (Å²) in [6.45, 7) is 0. The second-order valence-electron chi connectivity index (χ2n) is 2.24. The first-order valence-corrected chi connectivity index (χ1v) is 3.50. The van der Waals surface area contributed by atoms with Crippen molar-refractivity contribution in [2.45, 2.75) is 0 Å². The lowest BCUT2D eigenvalue weighted by Crippen LogP contribution is -2.20. The van der Waals surface area contributed by atoms with E-state index in [1.54, 1.807) is 0 Å². The zero-order valence-corrected chi connectivity index (χ0v) is 6.90. The molecule has 0 aliphatic carbocycles. The fourth-order valence-electron chi connectivity index (χ4n) is 0.852. The van der Waals surface area contributed by atoms with Crippen LogP contribution < -0.4 is 9.39 Å². The molecule has 1 aromatic rings. The van der Waals surface area contributed by atoms with Crippen LogP contribution in [-0.4, -0.2) is 24.5 Å². The van der Waals surface area contributed by atoms with Crippen molar-refractivity contribution in [3.8, 4) is 11.5 Å². The van der Waals surface area contributed by atoms with Crippen molar-refractivity contribution in [3.05, 3.63) is 24.0 Å². The summed E-state index contributed by atoms with van der Waals surface area (Å²) in [5.41, 5.74) is 0. The Morgan fingerprint density at radius 1 is 1.31 bits per heavy atom. The van der Waals surface area contributed by atoms with Crippen LogP contribution in [0.5, 0.6) is 11.5 Å². The summed E-state index contributed by atoms with van der Waals surface area (Å²) in [5, 5.41) is 17.0. The molecule has 0 bridgehead atoms. The van der Waals surface area contributed by atoms with Gasteiger partial charge in [0.05, 0.1) is 7.11 Å². The molecule has 0 unspecified atom stereocenters. The van der Waals surface area contributed by atoms with Crippen molar-refractivity contribution in [2.24, 2.45) is 0 Å². The summed E-state index contributed by atoms with van der Waals surface area (Å²) in [6, 6.07) is 3.45. The van der Waals surface area contributed by atoms with Gasteiger partial charge in [0.2, 0.25) is 0 Å². The van der Waals surface area contributed by atoms with Crippen molar-refractivity contribution < 1.29 is 23.8 Å². The molecule has 6 heteroatoms. The van der Waals surface area contributed by atoms with E-state index in [4.69, 9.17) is 14.8 Å². The SMILES string of the molecule is COc1cc(F)ccc1OB(O)O. The highest BCUT2D eigenvalue weighted by Gasteiger charge is 2.14. The van der Waals surface area contributed by atoms with Gasteiger partial charge in [-0.2, -0.15) is 0 Å². The van der Waals surface area contributed by atoms with E-state index in [2.05, 4.69) is 4.65 Å². The van der Waals surface area contributed by atoms with Gasteiger partial charge in [0.25, 0.3) is 0 Å². The van der Waals surface area contributed by atoms with Crippen molar-refractivity contribution in [1.29, 1.82) is 0 Å². The van der Waals surface area contributed by atoms with E-state index in [0.29, 0.717) is 0 Å². The second-order valence-corrected chi connectivity index (χ2v) is 2.24. The van der Waals surface area contributed by atoms with Crippen LogP contribution in [-0.2, 0) is 0 Å². The number of halogens is 1. The van der Waals surface area contributed by atoms with Crippen LogP contribution in [0.4, 0.5) is 4.39 Å². The predicted octanol–water partition coefficient (Wildman–Crippen LogP) is 0.183. The molecule has 0 aliphatic rings. The van der Waals surface area contributed by atoms with E-state index in [1.807, 2.05) is 0 Å². The Labute approximate surface area is 74.7 Å². The lowest BCUT2D eigenvalue weighted by molar-refractivity contribution is 0.279. The molecular formula is C7H8BFO4. The van der Waals surface area contributed by atoms with E-state index in [9.17, 15) is 4.39 Å². The van der Waals surface area contributed by atoms with Gasteiger partial charge < -0.3 is 19.4 Å². The number of hydrogen-bond acceptors (Lipinski definition) is 4. The van der Waals surface area contributed by atoms with E-state index < -0.39 is 13.1 Å². The minimum Gasteiger partial charge on any atom is -0.509 e. The van der Waals surface area contributed by atoms with Gasteiger partial charge >= 0.3 is 7.32 Å². The number of rotatable bonds is 3. The molecule has 0 amide bonds. The first kappa shape index (κ1) is 9.82. The average Bonchev–Trinajstić information content (AvgIpc) is 2.07. The molecule has 2 N–H and O–H groups in total. The van der Waals surface area contributed by atoms with Crippen LogP contribution >= 0.6 is 0 Å². The van der Waals surface area contributed by atoms with Gasteiger partial charge in [0, 0.05) is 6.07 Å². The maximum absolute atomic E-state index is 12.6. The van der Waals surface area contributed by atoms with Crippen molar-refractivity contribution >= 4 is 7.32 Å². The molecule has 0 aliphatic heterocycles. The van der Waals surface area contributed by atoms with Crippen molar-refractivity contribution in [2.75, 3.05) is 7.11 Å². The first-order chi connectivity index (χ1) is 6.13. The maximum Gasteiger partial charge on any atom is 0.707 e. The average molecular weight is 186 g/mol. The lowest BCUT2D eigenvalue weighted by Gasteiger charge is -2.09. The number of ether oxygens (including phenoxy) is 1. The topological polar surface area (TPSA) is 58.9 Å². The van der Waals surface area contributed by atoms with Crippen LogP contribution in [0.2, 0.25) is 0 Å². The minimum absolute atomic E-state index is 0.0684. The van der Waals surface area contributed by atoms with Gasteiger partial charge in [-0.1, -0.05) is 0 Å². The fraction of sp³-hybridized carbons (Fsp3) is 0.143. The highest BCUT2D eigenvalue weighted by Crippen LogP contribution is 2.27. The van der Waals surface area contributed by atoms with Gasteiger partial charge in [0.15, 0.2) is 5.75 Å². The molecule has 0 radical (unpaired) electrons. The van der Waals surface area contributed by atoms with E-state index >= 15 is 0 Å². The molecule has 13 heavy (non-hydrogen) atoms. The van der Waals surface area contributed by atoms with E-state index in [-0.39, 0.29) is 11.5 Å². The number of hydrogen-bond donors (Lipinski definition) is 2. The molecule has 0 spiro atoms. The summed E-state index contributed by atoms with van der Waals surface area (Å²) in [7, 11) is -0.620. The Balaban J connectivity index is 2.92. The lowest BCUT2D eigenvalue weighted by atomic mass is 10.2. The van der Waals surface area contributed by atoms with Crippen LogP contribution in [0.15, 0.2) is 18.2 Å².